The number of hydrogen-bond donors (Lipinski definition) is 0. The average Bonchev–Trinajstić information content (AvgIpc) is 2.23. The van der Waals surface area contributed by atoms with E-state index in [2.05, 4.69) is 6.55 Å². The van der Waals surface area contributed by atoms with Crippen LogP contribution < -0.4 is 0 Å². The fourth-order valence-electron chi connectivity index (χ4n) is 0.997. The second kappa shape index (κ2) is 7.03. The summed E-state index contributed by atoms with van der Waals surface area (Å²) in [5.74, 6) is 0.975. The Labute approximate surface area is 88.3 Å². The molecule has 0 saturated carbocycles. The highest BCUT2D eigenvalue weighted by atomic mass is 28.4. The molecule has 0 rings (SSSR count). The van der Waals surface area contributed by atoms with Crippen LogP contribution in [0.5, 0.6) is 0 Å². The van der Waals surface area contributed by atoms with Gasteiger partial charge in [0.25, 0.3) is 0 Å². The van der Waals surface area contributed by atoms with Crippen LogP contribution in [-0.2, 0) is 13.6 Å². The van der Waals surface area contributed by atoms with Crippen LogP contribution in [0.2, 0.25) is 12.6 Å². The van der Waals surface area contributed by atoms with Gasteiger partial charge in [-0.15, -0.1) is 0 Å². The van der Waals surface area contributed by atoms with E-state index in [-0.39, 0.29) is 0 Å². The lowest BCUT2D eigenvalue weighted by atomic mass is 10.5. The van der Waals surface area contributed by atoms with Crippen molar-refractivity contribution in [3.8, 4) is 0 Å². The van der Waals surface area contributed by atoms with Crippen molar-refractivity contribution in [3.63, 3.8) is 0 Å². The predicted octanol–water partition coefficient (Wildman–Crippen LogP) is 2.68. The molecular formula is C10H22O3Si. The van der Waals surface area contributed by atoms with Gasteiger partial charge in [-0.2, -0.15) is 0 Å². The molecule has 0 unspecified atom stereocenters. The molecule has 0 aromatic carbocycles. The van der Waals surface area contributed by atoms with Gasteiger partial charge in [0.2, 0.25) is 0 Å². The van der Waals surface area contributed by atoms with Crippen LogP contribution in [0.25, 0.3) is 0 Å². The fourth-order valence-corrected chi connectivity index (χ4v) is 2.36. The van der Waals surface area contributed by atoms with Gasteiger partial charge < -0.3 is 13.6 Å². The molecule has 0 aliphatic heterocycles. The van der Waals surface area contributed by atoms with E-state index in [1.54, 1.807) is 14.2 Å². The molecule has 0 radical (unpaired) electrons. The number of rotatable bonds is 7. The summed E-state index contributed by atoms with van der Waals surface area (Å²) in [6, 6.07) is 0.969. The molecule has 0 aliphatic rings. The quantitative estimate of drug-likeness (QED) is 0.373. The van der Waals surface area contributed by atoms with Crippen molar-refractivity contribution in [2.75, 3.05) is 20.8 Å². The van der Waals surface area contributed by atoms with Gasteiger partial charge in [0, 0.05) is 14.2 Å². The predicted molar refractivity (Wildman–Crippen MR) is 60.4 cm³/mol. The maximum absolute atomic E-state index is 5.45. The van der Waals surface area contributed by atoms with E-state index in [9.17, 15) is 0 Å². The summed E-state index contributed by atoms with van der Waals surface area (Å²) < 4.78 is 16.2. The van der Waals surface area contributed by atoms with Crippen molar-refractivity contribution in [2.45, 2.75) is 32.9 Å². The van der Waals surface area contributed by atoms with Crippen molar-refractivity contribution in [3.05, 3.63) is 11.8 Å². The first-order valence-electron chi connectivity index (χ1n) is 4.94. The van der Waals surface area contributed by atoms with Crippen molar-refractivity contribution < 1.29 is 13.6 Å². The fraction of sp³-hybridized carbons (Fsp3) is 0.800. The monoisotopic (exact) mass is 218 g/mol. The third-order valence-electron chi connectivity index (χ3n) is 2.38. The summed E-state index contributed by atoms with van der Waals surface area (Å²) in [7, 11) is 1.55. The summed E-state index contributed by atoms with van der Waals surface area (Å²) >= 11 is 0. The highest BCUT2D eigenvalue weighted by molar-refractivity contribution is 6.65. The summed E-state index contributed by atoms with van der Waals surface area (Å²) in [6.07, 6.45) is 2.94. The second-order valence-corrected chi connectivity index (χ2v) is 6.98. The second-order valence-electron chi connectivity index (χ2n) is 3.39. The molecule has 0 N–H and O–H groups in total. The van der Waals surface area contributed by atoms with E-state index in [1.165, 1.54) is 0 Å². The maximum Gasteiger partial charge on any atom is 0.334 e. The van der Waals surface area contributed by atoms with Gasteiger partial charge in [-0.25, -0.2) is 0 Å². The Morgan fingerprint density at radius 2 is 1.86 bits per heavy atom. The summed E-state index contributed by atoms with van der Waals surface area (Å²) in [4.78, 5) is 0. The lowest BCUT2D eigenvalue weighted by molar-refractivity contribution is 0.202. The van der Waals surface area contributed by atoms with E-state index in [4.69, 9.17) is 13.6 Å². The normalized spacial score (nSPS) is 13.1. The van der Waals surface area contributed by atoms with E-state index in [1.807, 2.05) is 19.9 Å². The van der Waals surface area contributed by atoms with Crippen LogP contribution in [0, 0.1) is 0 Å². The van der Waals surface area contributed by atoms with Crippen molar-refractivity contribution in [1.29, 1.82) is 0 Å². The number of hydrogen-bond acceptors (Lipinski definition) is 3. The third-order valence-corrected chi connectivity index (χ3v) is 5.36. The molecule has 0 amide bonds. The Kier molecular flexibility index (Phi) is 6.87. The lowest BCUT2D eigenvalue weighted by Crippen LogP contribution is -2.36. The molecule has 0 atom stereocenters. The first-order chi connectivity index (χ1) is 6.58. The van der Waals surface area contributed by atoms with E-state index in [0.29, 0.717) is 0 Å². The Morgan fingerprint density at radius 1 is 1.29 bits per heavy atom. The SMILES string of the molecule is CC=C(C)OCCC[Si](C)(OC)OC. The van der Waals surface area contributed by atoms with Gasteiger partial charge in [0.1, 0.15) is 0 Å². The lowest BCUT2D eigenvalue weighted by Gasteiger charge is -2.22. The van der Waals surface area contributed by atoms with Crippen LogP contribution in [-0.4, -0.2) is 29.4 Å². The molecule has 4 heteroatoms. The Morgan fingerprint density at radius 3 is 2.29 bits per heavy atom. The maximum atomic E-state index is 5.45. The molecule has 3 nitrogen and oxygen atoms in total. The molecule has 0 spiro atoms. The Bertz CT molecular complexity index is 176. The first kappa shape index (κ1) is 13.7. The number of allylic oxidation sites excluding steroid dienone is 2. The molecule has 84 valence electrons. The van der Waals surface area contributed by atoms with Gasteiger partial charge in [0.15, 0.2) is 0 Å². The van der Waals surface area contributed by atoms with Crippen LogP contribution in [0.3, 0.4) is 0 Å². The van der Waals surface area contributed by atoms with E-state index >= 15 is 0 Å². The summed E-state index contributed by atoms with van der Waals surface area (Å²) in [6.45, 7) is 6.74. The highest BCUT2D eigenvalue weighted by Gasteiger charge is 2.27. The van der Waals surface area contributed by atoms with E-state index in [0.717, 1.165) is 24.8 Å². The van der Waals surface area contributed by atoms with Gasteiger partial charge in [0.05, 0.1) is 12.4 Å². The zero-order valence-corrected chi connectivity index (χ0v) is 10.9. The Hall–Kier alpha value is -0.323. The van der Waals surface area contributed by atoms with Crippen molar-refractivity contribution in [2.24, 2.45) is 0 Å². The molecule has 0 heterocycles. The molecular weight excluding hydrogens is 196 g/mol. The van der Waals surface area contributed by atoms with Gasteiger partial charge in [-0.1, -0.05) is 6.08 Å². The van der Waals surface area contributed by atoms with Crippen LogP contribution >= 0.6 is 0 Å². The average molecular weight is 218 g/mol. The number of ether oxygens (including phenoxy) is 1. The van der Waals surface area contributed by atoms with Gasteiger partial charge in [-0.05, 0) is 32.9 Å². The van der Waals surface area contributed by atoms with Crippen LogP contribution in [0.1, 0.15) is 20.3 Å². The van der Waals surface area contributed by atoms with Crippen molar-refractivity contribution >= 4 is 8.56 Å². The standard InChI is InChI=1S/C10H22O3Si/c1-6-10(2)13-8-7-9-14(5,11-3)12-4/h6H,7-9H2,1-5H3. The third kappa shape index (κ3) is 5.42. The molecule has 0 aliphatic carbocycles. The first-order valence-corrected chi connectivity index (χ1v) is 7.46. The Balaban J connectivity index is 3.62. The zero-order valence-electron chi connectivity index (χ0n) is 9.92. The van der Waals surface area contributed by atoms with Gasteiger partial charge in [-0.3, -0.25) is 0 Å². The van der Waals surface area contributed by atoms with Crippen LogP contribution in [0.15, 0.2) is 11.8 Å². The molecule has 0 aromatic heterocycles. The summed E-state index contributed by atoms with van der Waals surface area (Å²) in [5.41, 5.74) is 0. The summed E-state index contributed by atoms with van der Waals surface area (Å²) in [5, 5.41) is 0. The zero-order chi connectivity index (χ0) is 11.0. The molecule has 14 heavy (non-hydrogen) atoms. The molecule has 0 bridgehead atoms. The smallest absolute Gasteiger partial charge is 0.334 e. The van der Waals surface area contributed by atoms with Gasteiger partial charge >= 0.3 is 8.56 Å². The largest absolute Gasteiger partial charge is 0.499 e. The molecule has 0 saturated heterocycles. The minimum Gasteiger partial charge on any atom is -0.499 e. The van der Waals surface area contributed by atoms with E-state index < -0.39 is 8.56 Å². The molecule has 0 aromatic rings. The molecule has 0 fully saturated rings. The minimum atomic E-state index is -1.88. The minimum absolute atomic E-state index is 0.742. The van der Waals surface area contributed by atoms with Crippen LogP contribution in [0.4, 0.5) is 0 Å². The van der Waals surface area contributed by atoms with Crippen molar-refractivity contribution in [1.82, 2.24) is 0 Å². The highest BCUT2D eigenvalue weighted by Crippen LogP contribution is 2.13. The topological polar surface area (TPSA) is 27.7 Å².